The van der Waals surface area contributed by atoms with Crippen LogP contribution in [-0.4, -0.2) is 32.1 Å². The van der Waals surface area contributed by atoms with E-state index in [1.54, 1.807) is 0 Å². The minimum absolute atomic E-state index is 0.0394. The van der Waals surface area contributed by atoms with E-state index >= 15 is 0 Å². The molecule has 0 amide bonds. The molecule has 1 rings (SSSR count). The van der Waals surface area contributed by atoms with E-state index < -0.39 is 5.41 Å². The van der Waals surface area contributed by atoms with Crippen molar-refractivity contribution < 1.29 is 9.53 Å². The van der Waals surface area contributed by atoms with Gasteiger partial charge in [-0.2, -0.15) is 0 Å². The Hall–Kier alpha value is -0.870. The lowest BCUT2D eigenvalue weighted by molar-refractivity contribution is -0.154. The lowest BCUT2D eigenvalue weighted by atomic mass is 9.79. The zero-order chi connectivity index (χ0) is 13.9. The number of methoxy groups -OCH3 is 1. The smallest absolute Gasteiger partial charge is 0.313 e. The molecule has 0 bridgehead atoms. The lowest BCUT2D eigenvalue weighted by Gasteiger charge is -2.36. The van der Waals surface area contributed by atoms with Gasteiger partial charge in [-0.05, 0) is 45.6 Å². The molecule has 0 radical (unpaired) electrons. The van der Waals surface area contributed by atoms with E-state index in [1.165, 1.54) is 7.11 Å². The van der Waals surface area contributed by atoms with Gasteiger partial charge in [0, 0.05) is 10.5 Å². The van der Waals surface area contributed by atoms with Crippen molar-refractivity contribution in [2.24, 2.45) is 5.41 Å². The summed E-state index contributed by atoms with van der Waals surface area (Å²) in [5.41, 5.74) is 0.476. The van der Waals surface area contributed by atoms with Crippen molar-refractivity contribution in [2.75, 3.05) is 21.2 Å². The van der Waals surface area contributed by atoms with Crippen molar-refractivity contribution in [3.05, 3.63) is 34.3 Å². The second kappa shape index (κ2) is 5.85. The number of esters is 1. The van der Waals surface area contributed by atoms with Crippen LogP contribution >= 0.6 is 15.9 Å². The molecule has 0 N–H and O–H groups in total. The van der Waals surface area contributed by atoms with Crippen LogP contribution in [0.4, 0.5) is 0 Å². The molecular weight excluding hydrogens is 294 g/mol. The highest BCUT2D eigenvalue weighted by atomic mass is 79.9. The maximum atomic E-state index is 12.0. The van der Waals surface area contributed by atoms with Gasteiger partial charge in [-0.1, -0.05) is 28.1 Å². The van der Waals surface area contributed by atoms with Gasteiger partial charge in [0.05, 0.1) is 12.5 Å². The predicted molar refractivity (Wildman–Crippen MR) is 76.4 cm³/mol. The molecule has 0 aliphatic heterocycles. The van der Waals surface area contributed by atoms with Crippen molar-refractivity contribution in [3.8, 4) is 0 Å². The van der Waals surface area contributed by atoms with Crippen LogP contribution in [0.3, 0.4) is 0 Å². The maximum Gasteiger partial charge on any atom is 0.313 e. The molecule has 100 valence electrons. The van der Waals surface area contributed by atoms with Crippen LogP contribution < -0.4 is 0 Å². The number of benzene rings is 1. The quantitative estimate of drug-likeness (QED) is 0.799. The van der Waals surface area contributed by atoms with Gasteiger partial charge in [0.2, 0.25) is 0 Å². The Morgan fingerprint density at radius 1 is 1.39 bits per heavy atom. The second-order valence-electron chi connectivity index (χ2n) is 5.13. The van der Waals surface area contributed by atoms with E-state index in [4.69, 9.17) is 4.74 Å². The molecule has 4 heteroatoms. The minimum Gasteiger partial charge on any atom is -0.469 e. The summed E-state index contributed by atoms with van der Waals surface area (Å²) in [6.07, 6.45) is 0. The third kappa shape index (κ3) is 3.12. The highest BCUT2D eigenvalue weighted by Gasteiger charge is 2.40. The fourth-order valence-corrected chi connectivity index (χ4v) is 2.83. The third-order valence-electron chi connectivity index (χ3n) is 3.08. The number of ether oxygens (including phenoxy) is 1. The molecule has 0 saturated carbocycles. The van der Waals surface area contributed by atoms with E-state index in [1.807, 2.05) is 57.1 Å². The van der Waals surface area contributed by atoms with Crippen LogP contribution in [-0.2, 0) is 9.53 Å². The predicted octanol–water partition coefficient (Wildman–Crippen LogP) is 3.25. The van der Waals surface area contributed by atoms with E-state index in [-0.39, 0.29) is 12.0 Å². The van der Waals surface area contributed by atoms with Gasteiger partial charge < -0.3 is 9.64 Å². The summed E-state index contributed by atoms with van der Waals surface area (Å²) in [6.45, 7) is 3.81. The first-order valence-electron chi connectivity index (χ1n) is 5.81. The number of carbonyl (C=O) groups is 1. The van der Waals surface area contributed by atoms with E-state index in [0.717, 1.165) is 10.0 Å². The van der Waals surface area contributed by atoms with E-state index in [9.17, 15) is 4.79 Å². The summed E-state index contributed by atoms with van der Waals surface area (Å²) in [7, 11) is 5.37. The molecule has 0 spiro atoms. The monoisotopic (exact) mass is 313 g/mol. The van der Waals surface area contributed by atoms with Gasteiger partial charge in [-0.15, -0.1) is 0 Å². The summed E-state index contributed by atoms with van der Waals surface area (Å²) in [4.78, 5) is 14.0. The Balaban J connectivity index is 3.22. The van der Waals surface area contributed by atoms with Crippen molar-refractivity contribution in [2.45, 2.75) is 19.9 Å². The lowest BCUT2D eigenvalue weighted by Crippen LogP contribution is -2.40. The molecule has 1 unspecified atom stereocenters. The Labute approximate surface area is 117 Å². The Bertz CT molecular complexity index is 430. The normalized spacial score (nSPS) is 13.5. The Morgan fingerprint density at radius 2 is 2.00 bits per heavy atom. The van der Waals surface area contributed by atoms with Crippen LogP contribution in [0.2, 0.25) is 0 Å². The van der Waals surface area contributed by atoms with Gasteiger partial charge in [0.25, 0.3) is 0 Å². The number of carbonyl (C=O) groups excluding carboxylic acids is 1. The molecule has 0 aliphatic rings. The largest absolute Gasteiger partial charge is 0.469 e. The number of hydrogen-bond acceptors (Lipinski definition) is 3. The molecule has 0 saturated heterocycles. The fraction of sp³-hybridized carbons (Fsp3) is 0.500. The number of nitrogens with zero attached hydrogens (tertiary/aromatic N) is 1. The molecule has 1 aromatic carbocycles. The van der Waals surface area contributed by atoms with Gasteiger partial charge in [0.15, 0.2) is 0 Å². The summed E-state index contributed by atoms with van der Waals surface area (Å²) in [6, 6.07) is 7.97. The van der Waals surface area contributed by atoms with Crippen LogP contribution in [0.15, 0.2) is 28.7 Å². The zero-order valence-electron chi connectivity index (χ0n) is 11.5. The molecule has 0 heterocycles. The van der Waals surface area contributed by atoms with E-state index in [0.29, 0.717) is 0 Å². The average Bonchev–Trinajstić information content (AvgIpc) is 2.27. The van der Waals surface area contributed by atoms with Crippen LogP contribution in [0.5, 0.6) is 0 Å². The molecule has 1 atom stereocenters. The van der Waals surface area contributed by atoms with Crippen LogP contribution in [0.25, 0.3) is 0 Å². The minimum atomic E-state index is -0.612. The maximum absolute atomic E-state index is 12.0. The van der Waals surface area contributed by atoms with Gasteiger partial charge in [0.1, 0.15) is 0 Å². The summed E-state index contributed by atoms with van der Waals surface area (Å²) >= 11 is 3.47. The van der Waals surface area contributed by atoms with Crippen molar-refractivity contribution >= 4 is 21.9 Å². The molecule has 0 fully saturated rings. The summed E-state index contributed by atoms with van der Waals surface area (Å²) in [5.74, 6) is -0.207. The topological polar surface area (TPSA) is 29.5 Å². The van der Waals surface area contributed by atoms with Crippen molar-refractivity contribution in [3.63, 3.8) is 0 Å². The van der Waals surface area contributed by atoms with Gasteiger partial charge in [-0.3, -0.25) is 4.79 Å². The second-order valence-corrected chi connectivity index (χ2v) is 6.05. The Kier molecular flexibility index (Phi) is 4.93. The number of halogens is 1. The highest BCUT2D eigenvalue weighted by Crippen LogP contribution is 2.38. The molecule has 0 aliphatic carbocycles. The molecular formula is C14H20BrNO2. The standard InChI is InChI=1S/C14H20BrNO2/c1-14(2,13(17)18-5)12(16(3)4)10-7-6-8-11(15)9-10/h6-9,12H,1-5H3. The number of rotatable bonds is 4. The first-order chi connectivity index (χ1) is 8.30. The SMILES string of the molecule is COC(=O)C(C)(C)C(c1cccc(Br)c1)N(C)C. The zero-order valence-corrected chi connectivity index (χ0v) is 13.1. The average molecular weight is 314 g/mol. The van der Waals surface area contributed by atoms with Crippen LogP contribution in [0, 0.1) is 5.41 Å². The summed E-state index contributed by atoms with van der Waals surface area (Å²) in [5, 5.41) is 0. The molecule has 0 aromatic heterocycles. The Morgan fingerprint density at radius 3 is 2.44 bits per heavy atom. The number of hydrogen-bond donors (Lipinski definition) is 0. The van der Waals surface area contributed by atoms with Crippen molar-refractivity contribution in [1.82, 2.24) is 4.90 Å². The van der Waals surface area contributed by atoms with Gasteiger partial charge >= 0.3 is 5.97 Å². The molecule has 18 heavy (non-hydrogen) atoms. The summed E-state index contributed by atoms with van der Waals surface area (Å²) < 4.78 is 5.93. The molecule has 1 aromatic rings. The first kappa shape index (κ1) is 15.2. The van der Waals surface area contributed by atoms with Gasteiger partial charge in [-0.25, -0.2) is 0 Å². The van der Waals surface area contributed by atoms with E-state index in [2.05, 4.69) is 15.9 Å². The van der Waals surface area contributed by atoms with Crippen molar-refractivity contribution in [1.29, 1.82) is 0 Å². The van der Waals surface area contributed by atoms with Crippen LogP contribution in [0.1, 0.15) is 25.5 Å². The molecule has 3 nitrogen and oxygen atoms in total. The highest BCUT2D eigenvalue weighted by molar-refractivity contribution is 9.10. The first-order valence-corrected chi connectivity index (χ1v) is 6.60. The fourth-order valence-electron chi connectivity index (χ4n) is 2.41. The third-order valence-corrected chi connectivity index (χ3v) is 3.57.